The number of aryl methyl sites for hydroxylation is 1. The van der Waals surface area contributed by atoms with E-state index >= 15 is 0 Å². The van der Waals surface area contributed by atoms with Crippen molar-refractivity contribution in [1.82, 2.24) is 4.90 Å². The van der Waals surface area contributed by atoms with Crippen LogP contribution in [0.3, 0.4) is 0 Å². The molecule has 0 aromatic heterocycles. The Hall–Kier alpha value is -3.60. The van der Waals surface area contributed by atoms with E-state index in [1.54, 1.807) is 7.11 Å². The molecular formula is C32H33NO4. The number of amides is 1. The Morgan fingerprint density at radius 1 is 0.892 bits per heavy atom. The summed E-state index contributed by atoms with van der Waals surface area (Å²) in [5.74, 6) is 0.858. The Morgan fingerprint density at radius 3 is 2.14 bits per heavy atom. The van der Waals surface area contributed by atoms with Crippen LogP contribution >= 0.6 is 0 Å². The minimum absolute atomic E-state index is 0.0458. The standard InChI is InChI=1S/C32H33NO4/c1-20-14-15-21(18-30(20)36-2)31(34)22-16-23-8-7-9-24(17-22)33(23)32(35)37-19-29-27-12-5-3-10-25(27)26-11-4-6-13-28(26)29/h3-6,10-15,18,22-24,29H,7-9,16-17,19H2,1-2H3. The zero-order chi connectivity index (χ0) is 25.5. The molecule has 0 radical (unpaired) electrons. The highest BCUT2D eigenvalue weighted by molar-refractivity contribution is 5.98. The number of fused-ring (bicyclic) bond motifs is 5. The van der Waals surface area contributed by atoms with Crippen molar-refractivity contribution in [3.8, 4) is 16.9 Å². The number of ketones is 1. The molecule has 6 rings (SSSR count). The van der Waals surface area contributed by atoms with Crippen LogP contribution in [0.5, 0.6) is 5.75 Å². The molecule has 0 N–H and O–H groups in total. The van der Waals surface area contributed by atoms with E-state index in [1.807, 2.05) is 30.0 Å². The first-order valence-electron chi connectivity index (χ1n) is 13.4. The van der Waals surface area contributed by atoms with Gasteiger partial charge in [-0.15, -0.1) is 0 Å². The Labute approximate surface area is 218 Å². The number of hydrogen-bond donors (Lipinski definition) is 0. The SMILES string of the molecule is COc1cc(C(=O)C2CC3CCCC(C2)N3C(=O)OCC2c3ccccc3-c3ccccc32)ccc1C. The summed E-state index contributed by atoms with van der Waals surface area (Å²) in [5, 5.41) is 0. The molecule has 2 atom stereocenters. The Balaban J connectivity index is 1.16. The molecule has 2 bridgehead atoms. The van der Waals surface area contributed by atoms with E-state index in [2.05, 4.69) is 48.5 Å². The molecule has 3 aromatic rings. The van der Waals surface area contributed by atoms with Crippen LogP contribution < -0.4 is 4.74 Å². The highest BCUT2D eigenvalue weighted by Gasteiger charge is 2.44. The van der Waals surface area contributed by atoms with Gasteiger partial charge in [0.15, 0.2) is 5.78 Å². The van der Waals surface area contributed by atoms with E-state index in [4.69, 9.17) is 9.47 Å². The van der Waals surface area contributed by atoms with Crippen LogP contribution in [-0.4, -0.2) is 42.6 Å². The Morgan fingerprint density at radius 2 is 1.51 bits per heavy atom. The van der Waals surface area contributed by atoms with Gasteiger partial charge in [0.25, 0.3) is 0 Å². The summed E-state index contributed by atoms with van der Waals surface area (Å²) in [6.45, 7) is 2.30. The fourth-order valence-corrected chi connectivity index (χ4v) is 6.77. The van der Waals surface area contributed by atoms with Crippen LogP contribution in [0.25, 0.3) is 11.1 Å². The molecule has 2 saturated heterocycles. The van der Waals surface area contributed by atoms with Crippen molar-refractivity contribution in [3.63, 3.8) is 0 Å². The normalized spacial score (nSPS) is 22.2. The van der Waals surface area contributed by atoms with E-state index in [9.17, 15) is 9.59 Å². The quantitative estimate of drug-likeness (QED) is 0.367. The molecule has 2 unspecified atom stereocenters. The van der Waals surface area contributed by atoms with E-state index in [-0.39, 0.29) is 35.8 Å². The number of carbonyl (C=O) groups excluding carboxylic acids is 2. The second kappa shape index (κ2) is 9.70. The number of carbonyl (C=O) groups is 2. The molecule has 1 amide bonds. The van der Waals surface area contributed by atoms with Crippen LogP contribution in [0.2, 0.25) is 0 Å². The molecule has 5 heteroatoms. The molecule has 190 valence electrons. The summed E-state index contributed by atoms with van der Waals surface area (Å²) in [4.78, 5) is 28.8. The lowest BCUT2D eigenvalue weighted by atomic mass is 9.76. The van der Waals surface area contributed by atoms with E-state index in [0.717, 1.165) is 30.6 Å². The van der Waals surface area contributed by atoms with Crippen molar-refractivity contribution < 1.29 is 19.1 Å². The summed E-state index contributed by atoms with van der Waals surface area (Å²) >= 11 is 0. The number of benzene rings is 3. The van der Waals surface area contributed by atoms with Gasteiger partial charge in [0.05, 0.1) is 7.11 Å². The van der Waals surface area contributed by atoms with Gasteiger partial charge in [0, 0.05) is 29.5 Å². The van der Waals surface area contributed by atoms with Crippen LogP contribution in [0.4, 0.5) is 4.79 Å². The van der Waals surface area contributed by atoms with Crippen molar-refractivity contribution in [2.75, 3.05) is 13.7 Å². The first-order valence-corrected chi connectivity index (χ1v) is 13.4. The van der Waals surface area contributed by atoms with Crippen molar-refractivity contribution in [2.45, 2.75) is 57.0 Å². The molecule has 37 heavy (non-hydrogen) atoms. The predicted octanol–water partition coefficient (Wildman–Crippen LogP) is 6.77. The lowest BCUT2D eigenvalue weighted by Gasteiger charge is -2.47. The van der Waals surface area contributed by atoms with Gasteiger partial charge in [-0.3, -0.25) is 4.79 Å². The highest BCUT2D eigenvalue weighted by Crippen LogP contribution is 2.45. The highest BCUT2D eigenvalue weighted by atomic mass is 16.6. The monoisotopic (exact) mass is 495 g/mol. The van der Waals surface area contributed by atoms with Crippen molar-refractivity contribution >= 4 is 11.9 Å². The molecule has 2 aliphatic heterocycles. The molecule has 1 aliphatic carbocycles. The molecule has 0 saturated carbocycles. The van der Waals surface area contributed by atoms with Gasteiger partial charge in [-0.2, -0.15) is 0 Å². The Bertz CT molecular complexity index is 1290. The molecule has 2 fully saturated rings. The summed E-state index contributed by atoms with van der Waals surface area (Å²) in [6.07, 6.45) is 4.07. The number of methoxy groups -OCH3 is 1. The van der Waals surface area contributed by atoms with Gasteiger partial charge in [-0.05, 0) is 72.9 Å². The third-order valence-corrected chi connectivity index (χ3v) is 8.58. The maximum absolute atomic E-state index is 13.5. The van der Waals surface area contributed by atoms with Crippen LogP contribution in [-0.2, 0) is 4.74 Å². The van der Waals surface area contributed by atoms with Crippen molar-refractivity contribution in [3.05, 3.63) is 89.0 Å². The van der Waals surface area contributed by atoms with Crippen molar-refractivity contribution in [2.24, 2.45) is 5.92 Å². The van der Waals surface area contributed by atoms with Gasteiger partial charge < -0.3 is 14.4 Å². The number of piperidine rings is 2. The zero-order valence-corrected chi connectivity index (χ0v) is 21.5. The molecular weight excluding hydrogens is 462 g/mol. The number of rotatable bonds is 5. The summed E-state index contributed by atoms with van der Waals surface area (Å²) in [5.41, 5.74) is 6.59. The zero-order valence-electron chi connectivity index (χ0n) is 21.5. The third kappa shape index (κ3) is 4.20. The lowest BCUT2D eigenvalue weighted by Crippen LogP contribution is -2.55. The second-order valence-electron chi connectivity index (χ2n) is 10.7. The van der Waals surface area contributed by atoms with Gasteiger partial charge in [0.2, 0.25) is 0 Å². The van der Waals surface area contributed by atoms with E-state index < -0.39 is 0 Å². The molecule has 5 nitrogen and oxygen atoms in total. The average Bonchev–Trinajstić information content (AvgIpc) is 3.24. The number of Topliss-reactive ketones (excluding diaryl/α,β-unsaturated/α-hetero) is 1. The summed E-state index contributed by atoms with van der Waals surface area (Å²) in [6, 6.07) is 22.6. The average molecular weight is 496 g/mol. The molecule has 3 aliphatic rings. The number of hydrogen-bond acceptors (Lipinski definition) is 4. The third-order valence-electron chi connectivity index (χ3n) is 8.58. The smallest absolute Gasteiger partial charge is 0.410 e. The van der Waals surface area contributed by atoms with Gasteiger partial charge in [0.1, 0.15) is 12.4 Å². The first-order chi connectivity index (χ1) is 18.0. The van der Waals surface area contributed by atoms with Gasteiger partial charge >= 0.3 is 6.09 Å². The predicted molar refractivity (Wildman–Crippen MR) is 143 cm³/mol. The second-order valence-corrected chi connectivity index (χ2v) is 10.7. The number of nitrogens with zero attached hydrogens (tertiary/aromatic N) is 1. The van der Waals surface area contributed by atoms with Crippen LogP contribution in [0.15, 0.2) is 66.7 Å². The van der Waals surface area contributed by atoms with Crippen LogP contribution in [0, 0.1) is 12.8 Å². The molecule has 0 spiro atoms. The fraction of sp³-hybridized carbons (Fsp3) is 0.375. The van der Waals surface area contributed by atoms with Crippen molar-refractivity contribution in [1.29, 1.82) is 0 Å². The maximum Gasteiger partial charge on any atom is 0.410 e. The minimum atomic E-state index is -0.237. The van der Waals surface area contributed by atoms with Crippen LogP contribution in [0.1, 0.15) is 65.1 Å². The first kappa shape index (κ1) is 23.8. The van der Waals surface area contributed by atoms with E-state index in [0.29, 0.717) is 25.0 Å². The molecule has 3 aromatic carbocycles. The van der Waals surface area contributed by atoms with Gasteiger partial charge in [-0.25, -0.2) is 4.79 Å². The fourth-order valence-electron chi connectivity index (χ4n) is 6.77. The largest absolute Gasteiger partial charge is 0.496 e. The Kier molecular flexibility index (Phi) is 6.23. The van der Waals surface area contributed by atoms with E-state index in [1.165, 1.54) is 22.3 Å². The topological polar surface area (TPSA) is 55.8 Å². The summed E-state index contributed by atoms with van der Waals surface area (Å²) in [7, 11) is 1.63. The maximum atomic E-state index is 13.5. The number of ether oxygens (including phenoxy) is 2. The summed E-state index contributed by atoms with van der Waals surface area (Å²) < 4.78 is 11.5. The molecule has 2 heterocycles. The lowest BCUT2D eigenvalue weighted by molar-refractivity contribution is 0.00650. The minimum Gasteiger partial charge on any atom is -0.496 e. The van der Waals surface area contributed by atoms with Gasteiger partial charge in [-0.1, -0.05) is 60.7 Å².